The van der Waals surface area contributed by atoms with Crippen molar-refractivity contribution >= 4 is 43.7 Å². The maximum Gasteiger partial charge on any atom is 0.252 e. The highest BCUT2D eigenvalue weighted by molar-refractivity contribution is 7.89. The molecule has 0 amide bonds. The first kappa shape index (κ1) is 22.7. The smallest absolute Gasteiger partial charge is 0.252 e. The average Bonchev–Trinajstić information content (AvgIpc) is 3.54. The van der Waals surface area contributed by atoms with Crippen molar-refractivity contribution in [2.24, 2.45) is 0 Å². The molecule has 12 heteroatoms. The highest BCUT2D eigenvalue weighted by Crippen LogP contribution is 2.34. The molecule has 5 aromatic rings. The summed E-state index contributed by atoms with van der Waals surface area (Å²) in [5.41, 5.74) is 1.79. The molecule has 1 aliphatic rings. The minimum Gasteiger partial charge on any atom is -0.486 e. The van der Waals surface area contributed by atoms with E-state index in [4.69, 9.17) is 13.9 Å². The molecular weight excluding hydrogens is 504 g/mol. The van der Waals surface area contributed by atoms with Gasteiger partial charge in [-0.3, -0.25) is 4.79 Å². The Balaban J connectivity index is 1.46. The molecule has 36 heavy (non-hydrogen) atoms. The first-order valence-corrected chi connectivity index (χ1v) is 13.3. The van der Waals surface area contributed by atoms with Crippen LogP contribution in [-0.2, 0) is 23.1 Å². The number of fused-ring (bicyclic) bond motifs is 3. The Labute approximate surface area is 209 Å². The van der Waals surface area contributed by atoms with E-state index in [1.807, 2.05) is 0 Å². The van der Waals surface area contributed by atoms with E-state index in [1.54, 1.807) is 49.4 Å². The molecule has 0 saturated carbocycles. The molecule has 2 aromatic carbocycles. The Morgan fingerprint density at radius 2 is 1.86 bits per heavy atom. The van der Waals surface area contributed by atoms with Crippen molar-refractivity contribution in [3.8, 4) is 11.5 Å². The Morgan fingerprint density at radius 3 is 2.64 bits per heavy atom. The second-order valence-electron chi connectivity index (χ2n) is 8.40. The zero-order chi connectivity index (χ0) is 24.9. The van der Waals surface area contributed by atoms with Gasteiger partial charge in [0.05, 0.1) is 30.1 Å². The summed E-state index contributed by atoms with van der Waals surface area (Å²) in [7, 11) is -4.11. The SMILES string of the molecule is Cc1ccc2nsnc2c1S(=O)(=O)N(Cc1ccco1)Cc1cc2cc3c(cc2[nH]c1=O)OCCO3. The molecule has 0 spiro atoms. The Hall–Kier alpha value is -3.74. The summed E-state index contributed by atoms with van der Waals surface area (Å²) in [6.07, 6.45) is 1.48. The molecule has 6 rings (SSSR count). The first-order chi connectivity index (χ1) is 17.4. The Morgan fingerprint density at radius 1 is 1.06 bits per heavy atom. The van der Waals surface area contributed by atoms with E-state index in [-0.39, 0.29) is 23.5 Å². The zero-order valence-electron chi connectivity index (χ0n) is 19.1. The van der Waals surface area contributed by atoms with E-state index in [0.717, 1.165) is 11.7 Å². The summed E-state index contributed by atoms with van der Waals surface area (Å²) in [4.78, 5) is 16.0. The molecular formula is C24H20N4O6S2. The second-order valence-corrected chi connectivity index (χ2v) is 10.8. The number of rotatable bonds is 6. The van der Waals surface area contributed by atoms with Gasteiger partial charge in [0.2, 0.25) is 10.0 Å². The number of H-pyrrole nitrogens is 1. The quantitative estimate of drug-likeness (QED) is 0.357. The van der Waals surface area contributed by atoms with Gasteiger partial charge >= 0.3 is 0 Å². The lowest BCUT2D eigenvalue weighted by Crippen LogP contribution is -2.33. The minimum absolute atomic E-state index is 0.0668. The Kier molecular flexibility index (Phi) is 5.51. The maximum atomic E-state index is 14.0. The van der Waals surface area contributed by atoms with Gasteiger partial charge in [0.1, 0.15) is 34.9 Å². The number of hydrogen-bond donors (Lipinski definition) is 1. The number of aryl methyl sites for hydroxylation is 1. The predicted molar refractivity (Wildman–Crippen MR) is 133 cm³/mol. The molecule has 3 aromatic heterocycles. The number of nitrogens with one attached hydrogen (secondary N) is 1. The van der Waals surface area contributed by atoms with Crippen LogP contribution in [-0.4, -0.2) is 39.7 Å². The van der Waals surface area contributed by atoms with E-state index >= 15 is 0 Å². The van der Waals surface area contributed by atoms with Crippen molar-refractivity contribution in [3.63, 3.8) is 0 Å². The van der Waals surface area contributed by atoms with Crippen LogP contribution >= 0.6 is 11.7 Å². The molecule has 0 aliphatic carbocycles. The van der Waals surface area contributed by atoms with Gasteiger partial charge in [-0.25, -0.2) is 8.42 Å². The molecule has 0 radical (unpaired) electrons. The van der Waals surface area contributed by atoms with Crippen LogP contribution in [0, 0.1) is 6.92 Å². The van der Waals surface area contributed by atoms with Crippen LogP contribution in [0.25, 0.3) is 21.9 Å². The number of nitrogens with zero attached hydrogens (tertiary/aromatic N) is 3. The van der Waals surface area contributed by atoms with Crippen LogP contribution in [0.5, 0.6) is 11.5 Å². The van der Waals surface area contributed by atoms with Crippen molar-refractivity contribution < 1.29 is 22.3 Å². The average molecular weight is 525 g/mol. The van der Waals surface area contributed by atoms with Crippen LogP contribution in [0.3, 0.4) is 0 Å². The molecule has 184 valence electrons. The fourth-order valence-electron chi connectivity index (χ4n) is 4.28. The van der Waals surface area contributed by atoms with E-state index < -0.39 is 15.6 Å². The number of pyridine rings is 1. The van der Waals surface area contributed by atoms with Crippen LogP contribution in [0.15, 0.2) is 62.8 Å². The van der Waals surface area contributed by atoms with E-state index in [0.29, 0.717) is 58.0 Å². The number of aromatic nitrogens is 3. The van der Waals surface area contributed by atoms with Crippen molar-refractivity contribution in [3.05, 3.63) is 76.0 Å². The summed E-state index contributed by atoms with van der Waals surface area (Å²) < 4.78 is 54.4. The fourth-order valence-corrected chi connectivity index (χ4v) is 6.62. The molecule has 10 nitrogen and oxygen atoms in total. The van der Waals surface area contributed by atoms with Gasteiger partial charge in [-0.05, 0) is 42.8 Å². The van der Waals surface area contributed by atoms with Gasteiger partial charge in [-0.2, -0.15) is 13.1 Å². The molecule has 1 N–H and O–H groups in total. The van der Waals surface area contributed by atoms with Crippen molar-refractivity contribution in [1.29, 1.82) is 0 Å². The lowest BCUT2D eigenvalue weighted by Gasteiger charge is -2.23. The minimum atomic E-state index is -4.11. The van der Waals surface area contributed by atoms with Crippen molar-refractivity contribution in [1.82, 2.24) is 18.0 Å². The molecule has 4 heterocycles. The number of ether oxygens (including phenoxy) is 2. The van der Waals surface area contributed by atoms with E-state index in [2.05, 4.69) is 13.7 Å². The number of sulfonamides is 1. The summed E-state index contributed by atoms with van der Waals surface area (Å²) in [5.74, 6) is 1.57. The third-order valence-corrected chi connectivity index (χ3v) is 8.53. The summed E-state index contributed by atoms with van der Waals surface area (Å²) in [6.45, 7) is 2.32. The first-order valence-electron chi connectivity index (χ1n) is 11.1. The lowest BCUT2D eigenvalue weighted by atomic mass is 10.1. The molecule has 0 saturated heterocycles. The normalized spacial score (nSPS) is 13.6. The summed E-state index contributed by atoms with van der Waals surface area (Å²) in [6, 6.07) is 12.0. The highest BCUT2D eigenvalue weighted by Gasteiger charge is 2.31. The second kappa shape index (κ2) is 8.73. The summed E-state index contributed by atoms with van der Waals surface area (Å²) in [5, 5.41) is 0.700. The van der Waals surface area contributed by atoms with Gasteiger partial charge in [0.15, 0.2) is 11.5 Å². The topological polar surface area (TPSA) is 128 Å². The van der Waals surface area contributed by atoms with E-state index in [1.165, 1.54) is 10.6 Å². The van der Waals surface area contributed by atoms with Crippen LogP contribution in [0.2, 0.25) is 0 Å². The number of hydrogen-bond acceptors (Lipinski definition) is 9. The van der Waals surface area contributed by atoms with Crippen molar-refractivity contribution in [2.75, 3.05) is 13.2 Å². The highest BCUT2D eigenvalue weighted by atomic mass is 32.2. The number of furan rings is 1. The molecule has 0 fully saturated rings. The van der Waals surface area contributed by atoms with Crippen molar-refractivity contribution in [2.45, 2.75) is 24.9 Å². The lowest BCUT2D eigenvalue weighted by molar-refractivity contribution is 0.172. The monoisotopic (exact) mass is 524 g/mol. The molecule has 0 bridgehead atoms. The third-order valence-electron chi connectivity index (χ3n) is 6.02. The van der Waals surface area contributed by atoms with E-state index in [9.17, 15) is 13.2 Å². The van der Waals surface area contributed by atoms with Crippen LogP contribution in [0.4, 0.5) is 0 Å². The van der Waals surface area contributed by atoms with Gasteiger partial charge < -0.3 is 18.9 Å². The van der Waals surface area contributed by atoms with Gasteiger partial charge in [0, 0.05) is 23.6 Å². The Bertz CT molecular complexity index is 1760. The van der Waals surface area contributed by atoms with Crippen LogP contribution < -0.4 is 15.0 Å². The van der Waals surface area contributed by atoms with Gasteiger partial charge in [0.25, 0.3) is 5.56 Å². The third kappa shape index (κ3) is 3.92. The number of benzene rings is 2. The molecule has 0 atom stereocenters. The van der Waals surface area contributed by atoms with Gasteiger partial charge in [-0.15, -0.1) is 0 Å². The standard InChI is InChI=1S/C24H20N4O6S2/c1-14-4-5-18-22(27-35-26-18)23(14)36(30,31)28(13-17-3-2-6-32-17)12-16-9-15-10-20-21(34-8-7-33-20)11-19(15)25-24(16)29/h2-6,9-11H,7-8,12-13H2,1H3,(H,25,29). The fraction of sp³-hybridized carbons (Fsp3) is 0.208. The molecule has 1 aliphatic heterocycles. The zero-order valence-corrected chi connectivity index (χ0v) is 20.7. The summed E-state index contributed by atoms with van der Waals surface area (Å²) >= 11 is 0.949. The largest absolute Gasteiger partial charge is 0.486 e. The van der Waals surface area contributed by atoms with Crippen LogP contribution in [0.1, 0.15) is 16.9 Å². The van der Waals surface area contributed by atoms with Gasteiger partial charge in [-0.1, -0.05) is 6.07 Å². The molecule has 0 unspecified atom stereocenters. The maximum absolute atomic E-state index is 14.0. The number of aromatic amines is 1. The predicted octanol–water partition coefficient (Wildman–Crippen LogP) is 3.60.